The molecule has 1 N–H and O–H groups in total. The van der Waals surface area contributed by atoms with Crippen molar-refractivity contribution in [1.82, 2.24) is 14.7 Å². The molecular formula is C10H17N3O2. The van der Waals surface area contributed by atoms with E-state index in [1.807, 2.05) is 33.0 Å². The summed E-state index contributed by atoms with van der Waals surface area (Å²) in [5.74, 6) is -0.794. The van der Waals surface area contributed by atoms with Crippen molar-refractivity contribution in [1.29, 1.82) is 0 Å². The smallest absolute Gasteiger partial charge is 0.305 e. The largest absolute Gasteiger partial charge is 0.481 e. The average Bonchev–Trinajstić information content (AvgIpc) is 2.44. The summed E-state index contributed by atoms with van der Waals surface area (Å²) >= 11 is 0. The maximum Gasteiger partial charge on any atom is 0.305 e. The number of carbonyl (C=O) groups is 1. The lowest BCUT2D eigenvalue weighted by Crippen LogP contribution is -2.23. The lowest BCUT2D eigenvalue weighted by Gasteiger charge is -2.22. The first-order valence-corrected chi connectivity index (χ1v) is 4.80. The van der Waals surface area contributed by atoms with Crippen LogP contribution in [0.5, 0.6) is 0 Å². The Labute approximate surface area is 89.3 Å². The van der Waals surface area contributed by atoms with Crippen molar-refractivity contribution in [2.75, 3.05) is 14.1 Å². The van der Waals surface area contributed by atoms with Crippen LogP contribution in [0.3, 0.4) is 0 Å². The zero-order chi connectivity index (χ0) is 11.6. The van der Waals surface area contributed by atoms with Gasteiger partial charge in [0.1, 0.15) is 0 Å². The first-order chi connectivity index (χ1) is 6.93. The van der Waals surface area contributed by atoms with Crippen LogP contribution in [0.25, 0.3) is 0 Å². The molecule has 0 saturated carbocycles. The summed E-state index contributed by atoms with van der Waals surface area (Å²) in [4.78, 5) is 12.7. The third kappa shape index (κ3) is 2.56. The Balaban J connectivity index is 2.99. The number of aryl methyl sites for hydroxylation is 1. The maximum absolute atomic E-state index is 10.8. The van der Waals surface area contributed by atoms with Crippen LogP contribution in [0.4, 0.5) is 0 Å². The van der Waals surface area contributed by atoms with E-state index in [1.54, 1.807) is 10.9 Å². The molecule has 0 aromatic carbocycles. The van der Waals surface area contributed by atoms with E-state index in [9.17, 15) is 4.79 Å². The molecule has 5 nitrogen and oxygen atoms in total. The maximum atomic E-state index is 10.8. The lowest BCUT2D eigenvalue weighted by atomic mass is 10.0. The summed E-state index contributed by atoms with van der Waals surface area (Å²) in [6.45, 7) is 1.95. The molecule has 0 aliphatic heterocycles. The van der Waals surface area contributed by atoms with E-state index in [-0.39, 0.29) is 12.5 Å². The molecule has 0 radical (unpaired) electrons. The monoisotopic (exact) mass is 211 g/mol. The van der Waals surface area contributed by atoms with Crippen LogP contribution in [0.15, 0.2) is 6.20 Å². The molecule has 0 bridgehead atoms. The summed E-state index contributed by atoms with van der Waals surface area (Å²) in [5, 5.41) is 13.0. The fourth-order valence-electron chi connectivity index (χ4n) is 1.58. The third-order valence-electron chi connectivity index (χ3n) is 2.62. The summed E-state index contributed by atoms with van der Waals surface area (Å²) < 4.78 is 1.76. The standard InChI is InChI=1S/C10H17N3O2/c1-7-8(6-11-13(7)4)9(12(2)3)5-10(14)15/h6,9H,5H2,1-4H3,(H,14,15). The first kappa shape index (κ1) is 11.7. The van der Waals surface area contributed by atoms with Gasteiger partial charge in [-0.2, -0.15) is 5.10 Å². The van der Waals surface area contributed by atoms with Crippen LogP contribution >= 0.6 is 0 Å². The van der Waals surface area contributed by atoms with Crippen molar-refractivity contribution in [2.45, 2.75) is 19.4 Å². The second kappa shape index (κ2) is 4.44. The van der Waals surface area contributed by atoms with E-state index < -0.39 is 5.97 Å². The van der Waals surface area contributed by atoms with Crippen LogP contribution < -0.4 is 0 Å². The van der Waals surface area contributed by atoms with Gasteiger partial charge in [-0.1, -0.05) is 0 Å². The Morgan fingerprint density at radius 2 is 2.27 bits per heavy atom. The van der Waals surface area contributed by atoms with Crippen LogP contribution in [0, 0.1) is 6.92 Å². The molecule has 0 aliphatic rings. The number of hydrogen-bond acceptors (Lipinski definition) is 3. The fourth-order valence-corrected chi connectivity index (χ4v) is 1.58. The zero-order valence-electron chi connectivity index (χ0n) is 9.56. The Morgan fingerprint density at radius 3 is 2.60 bits per heavy atom. The van der Waals surface area contributed by atoms with Crippen LogP contribution in [-0.4, -0.2) is 39.9 Å². The Bertz CT molecular complexity index is 358. The molecule has 1 atom stereocenters. The van der Waals surface area contributed by atoms with Crippen LogP contribution in [-0.2, 0) is 11.8 Å². The molecule has 0 spiro atoms. The highest BCUT2D eigenvalue weighted by molar-refractivity contribution is 5.68. The first-order valence-electron chi connectivity index (χ1n) is 4.80. The van der Waals surface area contributed by atoms with Crippen molar-refractivity contribution in [3.8, 4) is 0 Å². The summed E-state index contributed by atoms with van der Waals surface area (Å²) in [6, 6.07) is -0.115. The van der Waals surface area contributed by atoms with E-state index >= 15 is 0 Å². The Hall–Kier alpha value is -1.36. The van der Waals surface area contributed by atoms with Crippen LogP contribution in [0.2, 0.25) is 0 Å². The van der Waals surface area contributed by atoms with Crippen molar-refractivity contribution in [3.63, 3.8) is 0 Å². The molecule has 1 rings (SSSR count). The number of hydrogen-bond donors (Lipinski definition) is 1. The van der Waals surface area contributed by atoms with Crippen molar-refractivity contribution in [2.24, 2.45) is 7.05 Å². The highest BCUT2D eigenvalue weighted by Crippen LogP contribution is 2.24. The van der Waals surface area contributed by atoms with Gasteiger partial charge in [-0.25, -0.2) is 0 Å². The molecule has 1 aromatic rings. The minimum Gasteiger partial charge on any atom is -0.481 e. The van der Waals surface area contributed by atoms with E-state index in [0.717, 1.165) is 11.3 Å². The van der Waals surface area contributed by atoms with Gasteiger partial charge in [-0.05, 0) is 21.0 Å². The molecule has 0 amide bonds. The van der Waals surface area contributed by atoms with E-state index in [2.05, 4.69) is 5.10 Å². The van der Waals surface area contributed by atoms with Crippen LogP contribution in [0.1, 0.15) is 23.7 Å². The lowest BCUT2D eigenvalue weighted by molar-refractivity contribution is -0.138. The van der Waals surface area contributed by atoms with Gasteiger partial charge in [0.25, 0.3) is 0 Å². The van der Waals surface area contributed by atoms with E-state index in [4.69, 9.17) is 5.11 Å². The third-order valence-corrected chi connectivity index (χ3v) is 2.62. The SMILES string of the molecule is Cc1c(C(CC(=O)O)N(C)C)cnn1C. The van der Waals surface area contributed by atoms with E-state index in [1.165, 1.54) is 0 Å². The van der Waals surface area contributed by atoms with Gasteiger partial charge in [0.2, 0.25) is 0 Å². The molecule has 0 fully saturated rings. The van der Waals surface area contributed by atoms with Gasteiger partial charge < -0.3 is 10.0 Å². The Kier molecular flexibility index (Phi) is 3.47. The minimum atomic E-state index is -0.794. The number of carboxylic acids is 1. The number of aromatic nitrogens is 2. The number of aliphatic carboxylic acids is 1. The second-order valence-corrected chi connectivity index (χ2v) is 3.89. The Morgan fingerprint density at radius 1 is 1.67 bits per heavy atom. The minimum absolute atomic E-state index is 0.0968. The van der Waals surface area contributed by atoms with Gasteiger partial charge in [-0.3, -0.25) is 9.48 Å². The zero-order valence-corrected chi connectivity index (χ0v) is 9.56. The number of carboxylic acid groups (broad SMARTS) is 1. The van der Waals surface area contributed by atoms with Gasteiger partial charge in [0.15, 0.2) is 0 Å². The number of rotatable bonds is 4. The predicted octanol–water partition coefficient (Wildman–Crippen LogP) is 0.806. The average molecular weight is 211 g/mol. The van der Waals surface area contributed by atoms with Gasteiger partial charge in [-0.15, -0.1) is 0 Å². The topological polar surface area (TPSA) is 58.4 Å². The predicted molar refractivity (Wildman–Crippen MR) is 56.6 cm³/mol. The molecule has 0 aliphatic carbocycles. The molecule has 5 heteroatoms. The summed E-state index contributed by atoms with van der Waals surface area (Å²) in [6.07, 6.45) is 1.84. The van der Waals surface area contributed by atoms with Crippen molar-refractivity contribution >= 4 is 5.97 Å². The van der Waals surface area contributed by atoms with Crippen molar-refractivity contribution in [3.05, 3.63) is 17.5 Å². The van der Waals surface area contributed by atoms with Gasteiger partial charge in [0, 0.05) is 24.3 Å². The quantitative estimate of drug-likeness (QED) is 0.800. The molecule has 84 valence electrons. The highest BCUT2D eigenvalue weighted by Gasteiger charge is 2.21. The highest BCUT2D eigenvalue weighted by atomic mass is 16.4. The van der Waals surface area contributed by atoms with Gasteiger partial charge in [0.05, 0.1) is 12.6 Å². The second-order valence-electron chi connectivity index (χ2n) is 3.89. The molecule has 1 unspecified atom stereocenters. The summed E-state index contributed by atoms with van der Waals surface area (Å²) in [5.41, 5.74) is 1.99. The molecule has 1 aromatic heterocycles. The molecule has 1 heterocycles. The summed E-state index contributed by atoms with van der Waals surface area (Å²) in [7, 11) is 5.60. The molecule has 0 saturated heterocycles. The van der Waals surface area contributed by atoms with E-state index in [0.29, 0.717) is 0 Å². The van der Waals surface area contributed by atoms with Gasteiger partial charge >= 0.3 is 5.97 Å². The number of nitrogens with zero attached hydrogens (tertiary/aromatic N) is 3. The normalized spacial score (nSPS) is 13.1. The fraction of sp³-hybridized carbons (Fsp3) is 0.600. The molecule has 15 heavy (non-hydrogen) atoms. The molecular weight excluding hydrogens is 194 g/mol. The van der Waals surface area contributed by atoms with Crippen molar-refractivity contribution < 1.29 is 9.90 Å².